The van der Waals surface area contributed by atoms with Gasteiger partial charge in [-0.3, -0.25) is 0 Å². The molecule has 3 aromatic carbocycles. The van der Waals surface area contributed by atoms with E-state index in [1.54, 1.807) is 12.1 Å². The molecule has 0 aliphatic heterocycles. The van der Waals surface area contributed by atoms with Crippen molar-refractivity contribution < 1.29 is 6.85 Å². The number of hydrogen-bond donors (Lipinski definition) is 0. The highest BCUT2D eigenvalue weighted by Gasteiger charge is 2.00. The van der Waals surface area contributed by atoms with Gasteiger partial charge in [0.15, 0.2) is 0 Å². The second-order valence-electron chi connectivity index (χ2n) is 4.33. The number of benzene rings is 3. The molecule has 0 bridgehead atoms. The van der Waals surface area contributed by atoms with E-state index in [0.29, 0.717) is 5.56 Å². The Balaban J connectivity index is 2.16. The zero-order valence-electron chi connectivity index (χ0n) is 15.9. The van der Waals surface area contributed by atoms with Crippen LogP contribution < -0.4 is 0 Å². The summed E-state index contributed by atoms with van der Waals surface area (Å²) in [4.78, 5) is 0. The van der Waals surface area contributed by atoms with Crippen molar-refractivity contribution in [2.45, 2.75) is 0 Å². The summed E-state index contributed by atoms with van der Waals surface area (Å²) < 4.78 is 39.8. The van der Waals surface area contributed by atoms with Gasteiger partial charge >= 0.3 is 0 Å². The summed E-state index contributed by atoms with van der Waals surface area (Å²) >= 11 is 0. The lowest BCUT2D eigenvalue weighted by molar-refractivity contribution is 1.59. The van der Waals surface area contributed by atoms with Crippen molar-refractivity contribution in [3.8, 4) is 11.1 Å². The van der Waals surface area contributed by atoms with Crippen LogP contribution in [0.2, 0.25) is 0 Å². The molecule has 0 heteroatoms. The lowest BCUT2D eigenvalue weighted by atomic mass is 9.99. The van der Waals surface area contributed by atoms with Gasteiger partial charge in [-0.2, -0.15) is 0 Å². The molecule has 0 amide bonds. The minimum atomic E-state index is -0.379. The van der Waals surface area contributed by atoms with E-state index in [2.05, 4.69) is 0 Å². The topological polar surface area (TPSA) is 0 Å². The highest BCUT2D eigenvalue weighted by atomic mass is 14.0. The van der Waals surface area contributed by atoms with Crippen LogP contribution in [0.3, 0.4) is 0 Å². The first-order valence-corrected chi connectivity index (χ1v) is 6.40. The quantitative estimate of drug-likeness (QED) is 0.544. The molecule has 0 fully saturated rings. The van der Waals surface area contributed by atoms with Crippen molar-refractivity contribution in [3.05, 3.63) is 95.9 Å². The highest BCUT2D eigenvalue weighted by molar-refractivity contribution is 5.80. The zero-order valence-corrected chi connectivity index (χ0v) is 10.9. The SMILES string of the molecule is [2H]c1c([2H])c([2H])c(-c2ccccc2/C=C/c2ccccc2)c([2H])c1[2H]. The minimum absolute atomic E-state index is 0.188. The third kappa shape index (κ3) is 2.86. The second kappa shape index (κ2) is 6.03. The lowest BCUT2D eigenvalue weighted by Gasteiger charge is -2.06. The van der Waals surface area contributed by atoms with Gasteiger partial charge < -0.3 is 0 Å². The molecular formula is C20H16. The molecule has 0 saturated carbocycles. The molecule has 96 valence electrons. The molecule has 0 aliphatic rings. The monoisotopic (exact) mass is 261 g/mol. The molecule has 0 heterocycles. The van der Waals surface area contributed by atoms with Gasteiger partial charge in [-0.05, 0) is 22.3 Å². The number of hydrogen-bond acceptors (Lipinski definition) is 0. The fraction of sp³-hybridized carbons (Fsp3) is 0. The van der Waals surface area contributed by atoms with Gasteiger partial charge in [0.2, 0.25) is 0 Å². The van der Waals surface area contributed by atoms with E-state index >= 15 is 0 Å². The molecular weight excluding hydrogens is 240 g/mol. The third-order valence-corrected chi connectivity index (χ3v) is 2.99. The molecule has 0 radical (unpaired) electrons. The van der Waals surface area contributed by atoms with Crippen molar-refractivity contribution in [3.63, 3.8) is 0 Å². The summed E-state index contributed by atoms with van der Waals surface area (Å²) in [5, 5.41) is 0. The maximum atomic E-state index is 8.17. The van der Waals surface area contributed by atoms with E-state index in [1.807, 2.05) is 54.6 Å². The molecule has 3 rings (SSSR count). The van der Waals surface area contributed by atoms with E-state index in [-0.39, 0.29) is 35.8 Å². The van der Waals surface area contributed by atoms with Crippen LogP contribution in [0.5, 0.6) is 0 Å². The van der Waals surface area contributed by atoms with Crippen LogP contribution in [-0.2, 0) is 0 Å². The first-order chi connectivity index (χ1) is 12.0. The Morgan fingerprint density at radius 3 is 2.20 bits per heavy atom. The van der Waals surface area contributed by atoms with E-state index in [9.17, 15) is 0 Å². The van der Waals surface area contributed by atoms with Crippen molar-refractivity contribution in [2.24, 2.45) is 0 Å². The normalized spacial score (nSPS) is 14.3. The summed E-state index contributed by atoms with van der Waals surface area (Å²) in [6.07, 6.45) is 3.83. The summed E-state index contributed by atoms with van der Waals surface area (Å²) in [5.74, 6) is 0. The maximum absolute atomic E-state index is 8.17. The molecule has 0 aliphatic carbocycles. The summed E-state index contributed by atoms with van der Waals surface area (Å²) in [5.41, 5.74) is 2.66. The Hall–Kier alpha value is -2.60. The summed E-state index contributed by atoms with van der Waals surface area (Å²) in [6.45, 7) is 0. The molecule has 0 aromatic heterocycles. The Labute approximate surface area is 127 Å². The Kier molecular flexibility index (Phi) is 2.37. The van der Waals surface area contributed by atoms with E-state index in [4.69, 9.17) is 6.85 Å². The van der Waals surface area contributed by atoms with Crippen LogP contribution in [0, 0.1) is 0 Å². The van der Waals surface area contributed by atoms with Crippen LogP contribution in [0.1, 0.15) is 18.0 Å². The van der Waals surface area contributed by atoms with E-state index in [1.165, 1.54) is 0 Å². The van der Waals surface area contributed by atoms with Gasteiger partial charge in [0, 0.05) is 0 Å². The van der Waals surface area contributed by atoms with Gasteiger partial charge in [0.05, 0.1) is 6.85 Å². The molecule has 3 aromatic rings. The molecule has 0 spiro atoms. The zero-order chi connectivity index (χ0) is 18.0. The van der Waals surface area contributed by atoms with Crippen molar-refractivity contribution in [1.29, 1.82) is 0 Å². The van der Waals surface area contributed by atoms with E-state index < -0.39 is 0 Å². The standard InChI is InChI=1S/C20H16/c1-3-9-17(10-4-1)15-16-19-13-7-8-14-20(19)18-11-5-2-6-12-18/h1-16H/b16-15+/i2D,5D,6D,11D,12D. The Morgan fingerprint density at radius 2 is 1.40 bits per heavy atom. The van der Waals surface area contributed by atoms with Crippen LogP contribution in [0.4, 0.5) is 0 Å². The molecule has 20 heavy (non-hydrogen) atoms. The number of rotatable bonds is 3. The van der Waals surface area contributed by atoms with Crippen molar-refractivity contribution >= 4 is 12.2 Å². The molecule has 0 saturated heterocycles. The molecule has 0 N–H and O–H groups in total. The largest absolute Gasteiger partial charge is 0.0629 e. The van der Waals surface area contributed by atoms with E-state index in [0.717, 1.165) is 11.1 Å². The fourth-order valence-electron chi connectivity index (χ4n) is 2.00. The Morgan fingerprint density at radius 1 is 0.700 bits per heavy atom. The summed E-state index contributed by atoms with van der Waals surface area (Å²) in [7, 11) is 0. The summed E-state index contributed by atoms with van der Waals surface area (Å²) in [6, 6.07) is 15.7. The fourth-order valence-corrected chi connectivity index (χ4v) is 2.00. The smallest absolute Gasteiger partial charge is 0.0622 e. The van der Waals surface area contributed by atoms with Gasteiger partial charge in [-0.1, -0.05) is 97.0 Å². The van der Waals surface area contributed by atoms with Gasteiger partial charge in [0.1, 0.15) is 0 Å². The minimum Gasteiger partial charge on any atom is -0.0622 e. The predicted octanol–water partition coefficient (Wildman–Crippen LogP) is 5.52. The average Bonchev–Trinajstić information content (AvgIpc) is 2.65. The first-order valence-electron chi connectivity index (χ1n) is 8.90. The van der Waals surface area contributed by atoms with Crippen LogP contribution in [0.25, 0.3) is 23.3 Å². The predicted molar refractivity (Wildman–Crippen MR) is 87.2 cm³/mol. The molecule has 0 nitrogen and oxygen atoms in total. The maximum Gasteiger partial charge on any atom is 0.0629 e. The van der Waals surface area contributed by atoms with Gasteiger partial charge in [0.25, 0.3) is 0 Å². The van der Waals surface area contributed by atoms with Gasteiger partial charge in [-0.15, -0.1) is 0 Å². The highest BCUT2D eigenvalue weighted by Crippen LogP contribution is 2.24. The third-order valence-electron chi connectivity index (χ3n) is 2.99. The second-order valence-corrected chi connectivity index (χ2v) is 4.33. The van der Waals surface area contributed by atoms with Crippen molar-refractivity contribution in [1.82, 2.24) is 0 Å². The van der Waals surface area contributed by atoms with Crippen LogP contribution in [0.15, 0.2) is 84.8 Å². The van der Waals surface area contributed by atoms with Crippen LogP contribution >= 0.6 is 0 Å². The average molecular weight is 261 g/mol. The van der Waals surface area contributed by atoms with Crippen molar-refractivity contribution in [2.75, 3.05) is 0 Å². The lowest BCUT2D eigenvalue weighted by Crippen LogP contribution is -1.82. The van der Waals surface area contributed by atoms with Crippen LogP contribution in [-0.4, -0.2) is 0 Å². The Bertz CT molecular complexity index is 917. The van der Waals surface area contributed by atoms with Gasteiger partial charge in [-0.25, -0.2) is 0 Å². The first kappa shape index (κ1) is 7.86. The molecule has 0 atom stereocenters. The molecule has 0 unspecified atom stereocenters.